The highest BCUT2D eigenvalue weighted by molar-refractivity contribution is 9.10. The SMILES string of the molecule is CCC1(CC)CCN(c2ccc(Br)cc2/C(N)=N/O)CC1. The quantitative estimate of drug-likeness (QED) is 0.372. The van der Waals surface area contributed by atoms with E-state index in [1.54, 1.807) is 0 Å². The molecule has 0 aromatic heterocycles. The molecule has 0 aliphatic carbocycles. The Labute approximate surface area is 135 Å². The maximum Gasteiger partial charge on any atom is 0.172 e. The first-order valence-electron chi connectivity index (χ1n) is 7.57. The molecule has 5 heteroatoms. The number of halogens is 1. The molecule has 0 bridgehead atoms. The van der Waals surface area contributed by atoms with Gasteiger partial charge in [0.05, 0.1) is 0 Å². The summed E-state index contributed by atoms with van der Waals surface area (Å²) in [5.74, 6) is 0.161. The zero-order valence-electron chi connectivity index (χ0n) is 12.8. The van der Waals surface area contributed by atoms with E-state index in [4.69, 9.17) is 10.9 Å². The van der Waals surface area contributed by atoms with Crippen molar-refractivity contribution in [3.63, 3.8) is 0 Å². The van der Waals surface area contributed by atoms with Gasteiger partial charge in [-0.2, -0.15) is 0 Å². The Morgan fingerprint density at radius 3 is 2.48 bits per heavy atom. The Balaban J connectivity index is 2.25. The molecule has 2 rings (SSSR count). The van der Waals surface area contributed by atoms with Crippen LogP contribution in [0.3, 0.4) is 0 Å². The second-order valence-electron chi connectivity index (χ2n) is 5.84. The first-order chi connectivity index (χ1) is 10.0. The fourth-order valence-electron chi connectivity index (χ4n) is 3.22. The molecule has 116 valence electrons. The number of anilines is 1. The Morgan fingerprint density at radius 1 is 1.33 bits per heavy atom. The summed E-state index contributed by atoms with van der Waals surface area (Å²) in [4.78, 5) is 2.35. The van der Waals surface area contributed by atoms with Gasteiger partial charge in [0.1, 0.15) is 0 Å². The van der Waals surface area contributed by atoms with Gasteiger partial charge in [0.2, 0.25) is 0 Å². The topological polar surface area (TPSA) is 61.8 Å². The Bertz CT molecular complexity index is 516. The van der Waals surface area contributed by atoms with Gasteiger partial charge >= 0.3 is 0 Å². The third-order valence-electron chi connectivity index (χ3n) is 5.01. The first kappa shape index (κ1) is 16.1. The van der Waals surface area contributed by atoms with E-state index in [0.29, 0.717) is 5.41 Å². The Morgan fingerprint density at radius 2 is 1.95 bits per heavy atom. The van der Waals surface area contributed by atoms with Crippen molar-refractivity contribution in [2.24, 2.45) is 16.3 Å². The second-order valence-corrected chi connectivity index (χ2v) is 6.76. The molecule has 1 saturated heterocycles. The molecule has 3 N–H and O–H groups in total. The molecular formula is C16H24BrN3O. The van der Waals surface area contributed by atoms with Crippen LogP contribution in [0.15, 0.2) is 27.8 Å². The molecule has 0 saturated carbocycles. The molecule has 1 aliphatic rings. The van der Waals surface area contributed by atoms with Crippen LogP contribution < -0.4 is 10.6 Å². The van der Waals surface area contributed by atoms with Gasteiger partial charge < -0.3 is 15.8 Å². The smallest absolute Gasteiger partial charge is 0.172 e. The van der Waals surface area contributed by atoms with Gasteiger partial charge in [0.15, 0.2) is 5.84 Å². The summed E-state index contributed by atoms with van der Waals surface area (Å²) in [6.07, 6.45) is 4.88. The predicted octanol–water partition coefficient (Wildman–Crippen LogP) is 3.95. The summed E-state index contributed by atoms with van der Waals surface area (Å²) < 4.78 is 0.932. The number of amidine groups is 1. The lowest BCUT2D eigenvalue weighted by molar-refractivity contribution is 0.199. The Hall–Kier alpha value is -1.23. The van der Waals surface area contributed by atoms with E-state index in [1.165, 1.54) is 25.7 Å². The van der Waals surface area contributed by atoms with Gasteiger partial charge in [0, 0.05) is 28.8 Å². The van der Waals surface area contributed by atoms with E-state index in [1.807, 2.05) is 18.2 Å². The largest absolute Gasteiger partial charge is 0.409 e. The van der Waals surface area contributed by atoms with Crippen molar-refractivity contribution in [2.45, 2.75) is 39.5 Å². The van der Waals surface area contributed by atoms with Crippen LogP contribution in [-0.2, 0) is 0 Å². The third kappa shape index (κ3) is 3.34. The average molecular weight is 354 g/mol. The summed E-state index contributed by atoms with van der Waals surface area (Å²) in [6, 6.07) is 5.96. The monoisotopic (exact) mass is 353 g/mol. The highest BCUT2D eigenvalue weighted by atomic mass is 79.9. The van der Waals surface area contributed by atoms with Gasteiger partial charge in [-0.05, 0) is 36.5 Å². The molecule has 1 aromatic carbocycles. The zero-order valence-corrected chi connectivity index (χ0v) is 14.4. The van der Waals surface area contributed by atoms with Crippen LogP contribution in [-0.4, -0.2) is 24.1 Å². The zero-order chi connectivity index (χ0) is 15.5. The van der Waals surface area contributed by atoms with E-state index in [9.17, 15) is 0 Å². The number of nitrogens with two attached hydrogens (primary N) is 1. The number of oxime groups is 1. The van der Waals surface area contributed by atoms with Crippen LogP contribution in [0.25, 0.3) is 0 Å². The van der Waals surface area contributed by atoms with E-state index >= 15 is 0 Å². The van der Waals surface area contributed by atoms with Crippen molar-refractivity contribution in [1.82, 2.24) is 0 Å². The third-order valence-corrected chi connectivity index (χ3v) is 5.50. The van der Waals surface area contributed by atoms with Crippen molar-refractivity contribution in [1.29, 1.82) is 0 Å². The molecule has 0 atom stereocenters. The van der Waals surface area contributed by atoms with Gasteiger partial charge in [0.25, 0.3) is 0 Å². The van der Waals surface area contributed by atoms with Crippen LogP contribution in [0.2, 0.25) is 0 Å². The molecule has 0 unspecified atom stereocenters. The number of nitrogens with zero attached hydrogens (tertiary/aromatic N) is 2. The summed E-state index contributed by atoms with van der Waals surface area (Å²) in [7, 11) is 0. The van der Waals surface area contributed by atoms with Crippen LogP contribution in [0, 0.1) is 5.41 Å². The van der Waals surface area contributed by atoms with Crippen molar-refractivity contribution in [2.75, 3.05) is 18.0 Å². The number of benzene rings is 1. The lowest BCUT2D eigenvalue weighted by atomic mass is 9.74. The summed E-state index contributed by atoms with van der Waals surface area (Å²) in [6.45, 7) is 6.63. The highest BCUT2D eigenvalue weighted by Crippen LogP contribution is 2.39. The molecule has 0 radical (unpaired) electrons. The fraction of sp³-hybridized carbons (Fsp3) is 0.562. The normalized spacial score (nSPS) is 18.8. The lowest BCUT2D eigenvalue weighted by Crippen LogP contribution is -2.40. The molecular weight excluding hydrogens is 330 g/mol. The van der Waals surface area contributed by atoms with Gasteiger partial charge in [-0.3, -0.25) is 0 Å². The Kier molecular flexibility index (Phi) is 5.14. The fourth-order valence-corrected chi connectivity index (χ4v) is 3.58. The standard InChI is InChI=1S/C16H24BrN3O/c1-3-16(4-2)7-9-20(10-8-16)14-6-5-12(17)11-13(14)15(18)19-21/h5-6,11,21H,3-4,7-10H2,1-2H3,(H2,18,19). The molecule has 4 nitrogen and oxygen atoms in total. The molecule has 1 heterocycles. The van der Waals surface area contributed by atoms with E-state index in [-0.39, 0.29) is 5.84 Å². The van der Waals surface area contributed by atoms with Gasteiger partial charge in [-0.15, -0.1) is 0 Å². The predicted molar refractivity (Wildman–Crippen MR) is 91.1 cm³/mol. The van der Waals surface area contributed by atoms with Crippen LogP contribution in [0.5, 0.6) is 0 Å². The minimum Gasteiger partial charge on any atom is -0.409 e. The van der Waals surface area contributed by atoms with Crippen LogP contribution in [0.4, 0.5) is 5.69 Å². The van der Waals surface area contributed by atoms with Crippen molar-refractivity contribution in [3.05, 3.63) is 28.2 Å². The second kappa shape index (κ2) is 6.69. The summed E-state index contributed by atoms with van der Waals surface area (Å²) >= 11 is 3.45. The molecule has 1 fully saturated rings. The van der Waals surface area contributed by atoms with Crippen molar-refractivity contribution >= 4 is 27.5 Å². The molecule has 21 heavy (non-hydrogen) atoms. The molecule has 0 spiro atoms. The number of piperidine rings is 1. The molecule has 0 amide bonds. The first-order valence-corrected chi connectivity index (χ1v) is 8.37. The minimum absolute atomic E-state index is 0.161. The summed E-state index contributed by atoms with van der Waals surface area (Å²) in [5, 5.41) is 12.2. The molecule has 1 aromatic rings. The lowest BCUT2D eigenvalue weighted by Gasteiger charge is -2.42. The van der Waals surface area contributed by atoms with Gasteiger partial charge in [-0.1, -0.05) is 47.8 Å². The van der Waals surface area contributed by atoms with Crippen LogP contribution >= 0.6 is 15.9 Å². The highest BCUT2D eigenvalue weighted by Gasteiger charge is 2.32. The van der Waals surface area contributed by atoms with Gasteiger partial charge in [-0.25, -0.2) is 0 Å². The number of hydrogen-bond acceptors (Lipinski definition) is 3. The number of rotatable bonds is 4. The average Bonchev–Trinajstić information content (AvgIpc) is 2.54. The number of hydrogen-bond donors (Lipinski definition) is 2. The van der Waals surface area contributed by atoms with E-state index in [2.05, 4.69) is 39.8 Å². The summed E-state index contributed by atoms with van der Waals surface area (Å²) in [5.41, 5.74) is 8.15. The van der Waals surface area contributed by atoms with E-state index < -0.39 is 0 Å². The molecule has 1 aliphatic heterocycles. The van der Waals surface area contributed by atoms with Crippen LogP contribution in [0.1, 0.15) is 45.1 Å². The van der Waals surface area contributed by atoms with Crippen molar-refractivity contribution in [3.8, 4) is 0 Å². The van der Waals surface area contributed by atoms with E-state index in [0.717, 1.165) is 28.8 Å². The van der Waals surface area contributed by atoms with Crippen molar-refractivity contribution < 1.29 is 5.21 Å². The minimum atomic E-state index is 0.161. The maximum atomic E-state index is 8.99. The maximum absolute atomic E-state index is 8.99.